The summed E-state index contributed by atoms with van der Waals surface area (Å²) in [5.41, 5.74) is 6.51. The van der Waals surface area contributed by atoms with Crippen molar-refractivity contribution in [3.63, 3.8) is 0 Å². The van der Waals surface area contributed by atoms with Gasteiger partial charge in [0, 0.05) is 17.5 Å². The first-order valence-electron chi connectivity index (χ1n) is 5.85. The molecule has 0 bridgehead atoms. The zero-order chi connectivity index (χ0) is 12.4. The molecule has 2 nitrogen and oxygen atoms in total. The zero-order valence-corrected chi connectivity index (χ0v) is 11.0. The van der Waals surface area contributed by atoms with Gasteiger partial charge in [-0.1, -0.05) is 42.1 Å². The van der Waals surface area contributed by atoms with Gasteiger partial charge in [0.15, 0.2) is 5.78 Å². The molecule has 2 atom stereocenters. The van der Waals surface area contributed by atoms with E-state index in [0.29, 0.717) is 15.6 Å². The molecule has 2 N–H and O–H groups in total. The SMILES string of the molecule is NC1CCCCC1C(=O)c1cccc(Cl)c1Cl. The molecule has 4 heteroatoms. The molecule has 1 aliphatic carbocycles. The van der Waals surface area contributed by atoms with Crippen molar-refractivity contribution in [2.75, 3.05) is 0 Å². The lowest BCUT2D eigenvalue weighted by Crippen LogP contribution is -2.38. The van der Waals surface area contributed by atoms with Crippen LogP contribution in [0.5, 0.6) is 0 Å². The monoisotopic (exact) mass is 271 g/mol. The fraction of sp³-hybridized carbons (Fsp3) is 0.462. The molecule has 2 rings (SSSR count). The van der Waals surface area contributed by atoms with Gasteiger partial charge in [-0.25, -0.2) is 0 Å². The van der Waals surface area contributed by atoms with Crippen LogP contribution >= 0.6 is 23.2 Å². The molecule has 92 valence electrons. The van der Waals surface area contributed by atoms with Gasteiger partial charge in [-0.2, -0.15) is 0 Å². The third kappa shape index (κ3) is 2.65. The Bertz CT molecular complexity index is 433. The van der Waals surface area contributed by atoms with Crippen molar-refractivity contribution in [2.45, 2.75) is 31.7 Å². The largest absolute Gasteiger partial charge is 0.327 e. The quantitative estimate of drug-likeness (QED) is 0.834. The van der Waals surface area contributed by atoms with Crippen LogP contribution < -0.4 is 5.73 Å². The Morgan fingerprint density at radius 1 is 1.24 bits per heavy atom. The van der Waals surface area contributed by atoms with Crippen LogP contribution in [0.15, 0.2) is 18.2 Å². The van der Waals surface area contributed by atoms with Gasteiger partial charge in [0.05, 0.1) is 10.0 Å². The van der Waals surface area contributed by atoms with Gasteiger partial charge in [-0.15, -0.1) is 0 Å². The van der Waals surface area contributed by atoms with Crippen LogP contribution in [0.1, 0.15) is 36.0 Å². The Morgan fingerprint density at radius 3 is 2.65 bits per heavy atom. The molecule has 2 unspecified atom stereocenters. The van der Waals surface area contributed by atoms with Crippen molar-refractivity contribution < 1.29 is 4.79 Å². The predicted molar refractivity (Wildman–Crippen MR) is 70.7 cm³/mol. The second-order valence-electron chi connectivity index (χ2n) is 4.52. The minimum Gasteiger partial charge on any atom is -0.327 e. The molecule has 17 heavy (non-hydrogen) atoms. The number of rotatable bonds is 2. The molecule has 1 aliphatic rings. The minimum absolute atomic E-state index is 0.0321. The van der Waals surface area contributed by atoms with Crippen molar-refractivity contribution in [3.05, 3.63) is 33.8 Å². The summed E-state index contributed by atoms with van der Waals surface area (Å²) < 4.78 is 0. The summed E-state index contributed by atoms with van der Waals surface area (Å²) in [6.45, 7) is 0. The number of Topliss-reactive ketones (excluding diaryl/α,β-unsaturated/α-hetero) is 1. The summed E-state index contributed by atoms with van der Waals surface area (Å²) in [6, 6.07) is 5.10. The van der Waals surface area contributed by atoms with E-state index in [0.717, 1.165) is 25.7 Å². The van der Waals surface area contributed by atoms with Crippen LogP contribution in [0.2, 0.25) is 10.0 Å². The number of halogens is 2. The normalized spacial score (nSPS) is 24.6. The molecule has 0 saturated heterocycles. The number of hydrogen-bond donors (Lipinski definition) is 1. The van der Waals surface area contributed by atoms with Crippen molar-refractivity contribution >= 4 is 29.0 Å². The first-order valence-corrected chi connectivity index (χ1v) is 6.60. The van der Waals surface area contributed by atoms with Gasteiger partial charge < -0.3 is 5.73 Å². The summed E-state index contributed by atoms with van der Waals surface area (Å²) in [4.78, 5) is 12.4. The van der Waals surface area contributed by atoms with E-state index in [2.05, 4.69) is 0 Å². The van der Waals surface area contributed by atoms with Crippen molar-refractivity contribution in [3.8, 4) is 0 Å². The lowest BCUT2D eigenvalue weighted by molar-refractivity contribution is 0.0871. The average Bonchev–Trinajstić information content (AvgIpc) is 2.32. The Kier molecular flexibility index (Phi) is 4.08. The van der Waals surface area contributed by atoms with Gasteiger partial charge in [0.25, 0.3) is 0 Å². The van der Waals surface area contributed by atoms with Gasteiger partial charge in [0.1, 0.15) is 0 Å². The Hall–Kier alpha value is -0.570. The fourth-order valence-corrected chi connectivity index (χ4v) is 2.77. The molecule has 0 aromatic heterocycles. The van der Waals surface area contributed by atoms with E-state index in [1.165, 1.54) is 0 Å². The van der Waals surface area contributed by atoms with Crippen LogP contribution in [0, 0.1) is 5.92 Å². The minimum atomic E-state index is -0.111. The standard InChI is InChI=1S/C13H15Cl2NO/c14-10-6-3-5-9(12(10)15)13(17)8-4-1-2-7-11(8)16/h3,5-6,8,11H,1-2,4,7,16H2. The lowest BCUT2D eigenvalue weighted by Gasteiger charge is -2.27. The number of ketones is 1. The second-order valence-corrected chi connectivity index (χ2v) is 5.31. The first-order chi connectivity index (χ1) is 8.11. The molecule has 1 aromatic rings. The molecule has 0 amide bonds. The second kappa shape index (κ2) is 5.38. The van der Waals surface area contributed by atoms with E-state index < -0.39 is 0 Å². The molecule has 1 fully saturated rings. The molecular weight excluding hydrogens is 257 g/mol. The summed E-state index contributed by atoms with van der Waals surface area (Å²) in [7, 11) is 0. The van der Waals surface area contributed by atoms with Crippen molar-refractivity contribution in [2.24, 2.45) is 11.7 Å². The Balaban J connectivity index is 2.27. The molecule has 0 radical (unpaired) electrons. The van der Waals surface area contributed by atoms with Crippen LogP contribution in [0.3, 0.4) is 0 Å². The van der Waals surface area contributed by atoms with Crippen LogP contribution in [0.4, 0.5) is 0 Å². The Morgan fingerprint density at radius 2 is 1.94 bits per heavy atom. The van der Waals surface area contributed by atoms with E-state index in [1.807, 2.05) is 0 Å². The maximum absolute atomic E-state index is 12.4. The van der Waals surface area contributed by atoms with Crippen molar-refractivity contribution in [1.29, 1.82) is 0 Å². The lowest BCUT2D eigenvalue weighted by atomic mass is 9.80. The number of hydrogen-bond acceptors (Lipinski definition) is 2. The summed E-state index contributed by atoms with van der Waals surface area (Å²) >= 11 is 12.0. The van der Waals surface area contributed by atoms with Gasteiger partial charge >= 0.3 is 0 Å². The third-order valence-corrected chi connectivity index (χ3v) is 4.19. The summed E-state index contributed by atoms with van der Waals surface area (Å²) in [5, 5.41) is 0.763. The zero-order valence-electron chi connectivity index (χ0n) is 9.46. The molecule has 1 aromatic carbocycles. The van der Waals surface area contributed by atoms with E-state index in [4.69, 9.17) is 28.9 Å². The topological polar surface area (TPSA) is 43.1 Å². The highest BCUT2D eigenvalue weighted by molar-refractivity contribution is 6.44. The highest BCUT2D eigenvalue weighted by Crippen LogP contribution is 2.31. The van der Waals surface area contributed by atoms with E-state index in [9.17, 15) is 4.79 Å². The third-order valence-electron chi connectivity index (χ3n) is 3.37. The molecular formula is C13H15Cl2NO. The maximum atomic E-state index is 12.4. The smallest absolute Gasteiger partial charge is 0.169 e. The van der Waals surface area contributed by atoms with Gasteiger partial charge in [0.2, 0.25) is 0 Å². The van der Waals surface area contributed by atoms with E-state index in [1.54, 1.807) is 18.2 Å². The van der Waals surface area contributed by atoms with Crippen LogP contribution in [0.25, 0.3) is 0 Å². The molecule has 0 aliphatic heterocycles. The summed E-state index contributed by atoms with van der Waals surface area (Å²) in [6.07, 6.45) is 3.92. The Labute approximate surface area is 111 Å². The maximum Gasteiger partial charge on any atom is 0.169 e. The number of carbonyl (C=O) groups is 1. The summed E-state index contributed by atoms with van der Waals surface area (Å²) in [5.74, 6) is -0.0792. The number of nitrogens with two attached hydrogens (primary N) is 1. The van der Waals surface area contributed by atoms with Crippen LogP contribution in [-0.4, -0.2) is 11.8 Å². The van der Waals surface area contributed by atoms with Crippen LogP contribution in [-0.2, 0) is 0 Å². The number of carbonyl (C=O) groups excluding carboxylic acids is 1. The predicted octanol–water partition coefficient (Wildman–Crippen LogP) is 3.69. The number of benzene rings is 1. The van der Waals surface area contributed by atoms with E-state index in [-0.39, 0.29) is 17.7 Å². The average molecular weight is 272 g/mol. The molecule has 0 spiro atoms. The van der Waals surface area contributed by atoms with Crippen molar-refractivity contribution in [1.82, 2.24) is 0 Å². The molecule has 0 heterocycles. The van der Waals surface area contributed by atoms with E-state index >= 15 is 0 Å². The van der Waals surface area contributed by atoms with Gasteiger partial charge in [-0.05, 0) is 25.0 Å². The van der Waals surface area contributed by atoms with Gasteiger partial charge in [-0.3, -0.25) is 4.79 Å². The fourth-order valence-electron chi connectivity index (χ4n) is 2.38. The molecule has 1 saturated carbocycles. The first kappa shape index (κ1) is 12.9. The highest BCUT2D eigenvalue weighted by atomic mass is 35.5. The highest BCUT2D eigenvalue weighted by Gasteiger charge is 2.30.